The van der Waals surface area contributed by atoms with Crippen LogP contribution in [0.5, 0.6) is 0 Å². The number of hydrogen-bond donors (Lipinski definition) is 1. The molecule has 1 aliphatic rings. The molecular weight excluding hydrogens is 703 g/mol. The number of hydrogen-bond acceptors (Lipinski definition) is 3. The number of benzene rings is 10. The highest BCUT2D eigenvalue weighted by Crippen LogP contribution is 2.43. The zero-order chi connectivity index (χ0) is 38.4. The first kappa shape index (κ1) is 33.7. The summed E-state index contributed by atoms with van der Waals surface area (Å²) in [6.07, 6.45) is -0.312. The molecule has 1 heterocycles. The molecule has 3 heteroatoms. The van der Waals surface area contributed by atoms with Crippen molar-refractivity contribution in [1.29, 1.82) is 0 Å². The van der Waals surface area contributed by atoms with Gasteiger partial charge in [0.25, 0.3) is 0 Å². The summed E-state index contributed by atoms with van der Waals surface area (Å²) in [6, 6.07) is 76.0. The monoisotopic (exact) mass is 739 g/mol. The van der Waals surface area contributed by atoms with Crippen molar-refractivity contribution in [2.24, 2.45) is 9.98 Å². The lowest BCUT2D eigenvalue weighted by molar-refractivity contribution is 0.674. The van der Waals surface area contributed by atoms with Crippen LogP contribution in [0.15, 0.2) is 222 Å². The van der Waals surface area contributed by atoms with E-state index in [9.17, 15) is 0 Å². The fraction of sp³-hybridized carbons (Fsp3) is 0.0182. The van der Waals surface area contributed by atoms with Crippen molar-refractivity contribution in [3.63, 3.8) is 0 Å². The first-order chi connectivity index (χ1) is 28.7. The lowest BCUT2D eigenvalue weighted by Crippen LogP contribution is -2.33. The Morgan fingerprint density at radius 3 is 1.48 bits per heavy atom. The van der Waals surface area contributed by atoms with Gasteiger partial charge in [0.1, 0.15) is 12.0 Å². The molecule has 0 amide bonds. The van der Waals surface area contributed by atoms with E-state index in [4.69, 9.17) is 9.98 Å². The number of nitrogens with one attached hydrogen (secondary N) is 1. The Labute approximate surface area is 337 Å². The van der Waals surface area contributed by atoms with Crippen molar-refractivity contribution in [3.8, 4) is 33.4 Å². The minimum absolute atomic E-state index is 0.312. The first-order valence-electron chi connectivity index (χ1n) is 19.9. The van der Waals surface area contributed by atoms with E-state index in [0.29, 0.717) is 5.84 Å². The maximum atomic E-state index is 5.26. The highest BCUT2D eigenvalue weighted by molar-refractivity contribution is 6.33. The number of aliphatic imine (C=N–C) groups is 2. The molecule has 1 N–H and O–H groups in total. The third-order valence-electron chi connectivity index (χ3n) is 11.5. The average molecular weight is 740 g/mol. The molecule has 10 aromatic rings. The lowest BCUT2D eigenvalue weighted by atomic mass is 9.87. The molecule has 0 bridgehead atoms. The van der Waals surface area contributed by atoms with E-state index < -0.39 is 0 Å². The summed E-state index contributed by atoms with van der Waals surface area (Å²) in [6.45, 7) is 0. The maximum Gasteiger partial charge on any atom is 0.159 e. The minimum Gasteiger partial charge on any atom is -0.344 e. The number of rotatable bonds is 6. The molecule has 272 valence electrons. The second kappa shape index (κ2) is 14.1. The summed E-state index contributed by atoms with van der Waals surface area (Å²) in [5.41, 5.74) is 10.1. The van der Waals surface area contributed by atoms with Crippen molar-refractivity contribution < 1.29 is 0 Å². The van der Waals surface area contributed by atoms with Crippen LogP contribution >= 0.6 is 0 Å². The fourth-order valence-electron chi connectivity index (χ4n) is 8.72. The van der Waals surface area contributed by atoms with Gasteiger partial charge in [0.2, 0.25) is 0 Å². The summed E-state index contributed by atoms with van der Waals surface area (Å²) in [5.74, 6) is 1.50. The van der Waals surface area contributed by atoms with Crippen LogP contribution in [0.1, 0.15) is 22.9 Å². The molecule has 11 rings (SSSR count). The van der Waals surface area contributed by atoms with Crippen LogP contribution in [0.25, 0.3) is 76.5 Å². The van der Waals surface area contributed by atoms with Crippen LogP contribution in [0.3, 0.4) is 0 Å². The molecule has 10 aromatic carbocycles. The Bertz CT molecular complexity index is 3250. The van der Waals surface area contributed by atoms with Gasteiger partial charge in [0.15, 0.2) is 5.84 Å². The maximum absolute atomic E-state index is 5.26. The van der Waals surface area contributed by atoms with Crippen LogP contribution in [0.4, 0.5) is 0 Å². The Morgan fingerprint density at radius 1 is 0.328 bits per heavy atom. The topological polar surface area (TPSA) is 36.8 Å². The van der Waals surface area contributed by atoms with E-state index in [1.54, 1.807) is 0 Å². The lowest BCUT2D eigenvalue weighted by Gasteiger charge is -2.24. The molecule has 0 spiro atoms. The highest BCUT2D eigenvalue weighted by Gasteiger charge is 2.22. The van der Waals surface area contributed by atoms with Crippen molar-refractivity contribution in [2.75, 3.05) is 0 Å². The summed E-state index contributed by atoms with van der Waals surface area (Å²) in [4.78, 5) is 10.4. The molecule has 1 aliphatic heterocycles. The number of nitrogens with zero attached hydrogens (tertiary/aromatic N) is 2. The van der Waals surface area contributed by atoms with Crippen LogP contribution in [0.2, 0.25) is 0 Å². The van der Waals surface area contributed by atoms with E-state index in [0.717, 1.165) is 39.2 Å². The molecule has 0 fully saturated rings. The van der Waals surface area contributed by atoms with Gasteiger partial charge in [-0.3, -0.25) is 0 Å². The Balaban J connectivity index is 1.03. The van der Waals surface area contributed by atoms with Crippen LogP contribution < -0.4 is 5.32 Å². The van der Waals surface area contributed by atoms with Gasteiger partial charge < -0.3 is 5.32 Å². The van der Waals surface area contributed by atoms with Gasteiger partial charge in [-0.05, 0) is 106 Å². The Kier molecular flexibility index (Phi) is 8.22. The van der Waals surface area contributed by atoms with Crippen LogP contribution in [-0.4, -0.2) is 11.7 Å². The number of amidine groups is 2. The van der Waals surface area contributed by atoms with E-state index in [2.05, 4.69) is 193 Å². The molecule has 3 nitrogen and oxygen atoms in total. The SMILES string of the molecule is c1ccc(C2=NC(c3cccc(-c4cccc(-c5cc6c7ccccc7c7ccccc7c6c6ccccc56)c4)c3)=NC(c3cccc(-c4ccccc4)c3)N2)cc1. The second-order valence-electron chi connectivity index (χ2n) is 15.0. The smallest absolute Gasteiger partial charge is 0.159 e. The van der Waals surface area contributed by atoms with Crippen LogP contribution in [0, 0.1) is 0 Å². The molecule has 0 radical (unpaired) electrons. The fourth-order valence-corrected chi connectivity index (χ4v) is 8.72. The second-order valence-corrected chi connectivity index (χ2v) is 15.0. The summed E-state index contributed by atoms with van der Waals surface area (Å²) < 4.78 is 0. The number of fused-ring (bicyclic) bond motifs is 8. The van der Waals surface area contributed by atoms with E-state index in [-0.39, 0.29) is 6.17 Å². The quantitative estimate of drug-likeness (QED) is 0.169. The largest absolute Gasteiger partial charge is 0.344 e. The Morgan fingerprint density at radius 2 is 0.793 bits per heavy atom. The third kappa shape index (κ3) is 5.93. The third-order valence-corrected chi connectivity index (χ3v) is 11.5. The standard InChI is InChI=1S/C55H37N3/c1-3-16-36(17-4-1)38-20-14-24-42(33-38)54-56-53(37-18-5-2-6-19-37)57-55(58-54)43-25-15-22-40(34-43)39-21-13-23-41(32-39)50-35-51-46-28-8-7-26-44(46)45-27-9-11-30-48(45)52(51)49-31-12-10-29-47(49)50/h1-35,54H,(H,56,57,58). The van der Waals surface area contributed by atoms with Crippen molar-refractivity contribution in [2.45, 2.75) is 6.17 Å². The molecular formula is C55H37N3. The molecule has 1 unspecified atom stereocenters. The molecule has 1 atom stereocenters. The van der Waals surface area contributed by atoms with Crippen molar-refractivity contribution >= 4 is 54.8 Å². The predicted molar refractivity (Wildman–Crippen MR) is 245 cm³/mol. The molecule has 0 saturated carbocycles. The van der Waals surface area contributed by atoms with Gasteiger partial charge in [-0.15, -0.1) is 0 Å². The van der Waals surface area contributed by atoms with Crippen molar-refractivity contribution in [1.82, 2.24) is 5.32 Å². The molecule has 0 saturated heterocycles. The summed E-state index contributed by atoms with van der Waals surface area (Å²) in [5, 5.41) is 13.9. The molecule has 0 aromatic heterocycles. The van der Waals surface area contributed by atoms with Gasteiger partial charge in [0, 0.05) is 11.1 Å². The summed E-state index contributed by atoms with van der Waals surface area (Å²) in [7, 11) is 0. The molecule has 58 heavy (non-hydrogen) atoms. The van der Waals surface area contributed by atoms with E-state index >= 15 is 0 Å². The average Bonchev–Trinajstić information content (AvgIpc) is 3.32. The first-order valence-corrected chi connectivity index (χ1v) is 19.9. The van der Waals surface area contributed by atoms with Gasteiger partial charge in [0.05, 0.1) is 0 Å². The van der Waals surface area contributed by atoms with E-state index in [1.165, 1.54) is 59.8 Å². The Hall–Kier alpha value is -7.62. The normalized spacial score (nSPS) is 14.0. The van der Waals surface area contributed by atoms with E-state index in [1.807, 2.05) is 24.3 Å². The zero-order valence-electron chi connectivity index (χ0n) is 31.7. The van der Waals surface area contributed by atoms with Gasteiger partial charge in [-0.2, -0.15) is 0 Å². The minimum atomic E-state index is -0.312. The van der Waals surface area contributed by atoms with Crippen molar-refractivity contribution in [3.05, 3.63) is 229 Å². The van der Waals surface area contributed by atoms with Gasteiger partial charge >= 0.3 is 0 Å². The predicted octanol–water partition coefficient (Wildman–Crippen LogP) is 13.8. The van der Waals surface area contributed by atoms with Gasteiger partial charge in [-0.1, -0.05) is 188 Å². The highest BCUT2D eigenvalue weighted by atomic mass is 15.2. The van der Waals surface area contributed by atoms with Gasteiger partial charge in [-0.25, -0.2) is 9.98 Å². The zero-order valence-corrected chi connectivity index (χ0v) is 31.7. The molecule has 0 aliphatic carbocycles. The summed E-state index contributed by atoms with van der Waals surface area (Å²) >= 11 is 0. The van der Waals surface area contributed by atoms with Crippen LogP contribution in [-0.2, 0) is 0 Å².